The van der Waals surface area contributed by atoms with E-state index in [4.69, 9.17) is 5.84 Å². The van der Waals surface area contributed by atoms with E-state index >= 15 is 0 Å². The highest BCUT2D eigenvalue weighted by atomic mass is 19.1. The minimum absolute atomic E-state index is 0.105. The van der Waals surface area contributed by atoms with Crippen LogP contribution in [0.25, 0.3) is 10.9 Å². The number of pyridine rings is 1. The molecule has 2 aromatic rings. The number of nitrogens with two attached hydrogens (primary N) is 1. The highest BCUT2D eigenvalue weighted by Gasteiger charge is 2.17. The van der Waals surface area contributed by atoms with E-state index in [9.17, 15) is 4.39 Å². The lowest BCUT2D eigenvalue weighted by atomic mass is 9.91. The van der Waals surface area contributed by atoms with Gasteiger partial charge in [0.15, 0.2) is 0 Å². The highest BCUT2D eigenvalue weighted by molar-refractivity contribution is 5.91. The van der Waals surface area contributed by atoms with Crippen molar-refractivity contribution in [3.8, 4) is 0 Å². The van der Waals surface area contributed by atoms with Gasteiger partial charge in [-0.15, -0.1) is 0 Å². The Labute approximate surface area is 99.8 Å². The molecule has 1 heterocycles. The number of fused-ring (bicyclic) bond motifs is 1. The Kier molecular flexibility index (Phi) is 2.75. The van der Waals surface area contributed by atoms with Crippen LogP contribution in [0.4, 0.5) is 10.1 Å². The van der Waals surface area contributed by atoms with Gasteiger partial charge < -0.3 is 5.43 Å². The van der Waals surface area contributed by atoms with Crippen LogP contribution >= 0.6 is 0 Å². The molecule has 0 radical (unpaired) electrons. The van der Waals surface area contributed by atoms with E-state index in [0.29, 0.717) is 5.52 Å². The second-order valence-electron chi connectivity index (χ2n) is 5.11. The summed E-state index contributed by atoms with van der Waals surface area (Å²) in [6.45, 7) is 6.17. The van der Waals surface area contributed by atoms with Crippen LogP contribution in [-0.2, 0) is 5.41 Å². The Morgan fingerprint density at radius 1 is 1.24 bits per heavy atom. The van der Waals surface area contributed by atoms with Crippen molar-refractivity contribution in [2.24, 2.45) is 5.84 Å². The molecule has 0 atom stereocenters. The van der Waals surface area contributed by atoms with Crippen LogP contribution < -0.4 is 11.3 Å². The van der Waals surface area contributed by atoms with Crippen molar-refractivity contribution in [1.29, 1.82) is 0 Å². The molecule has 3 nitrogen and oxygen atoms in total. The first-order valence-electron chi connectivity index (χ1n) is 5.49. The number of halogens is 1. The van der Waals surface area contributed by atoms with Crippen LogP contribution in [0, 0.1) is 5.82 Å². The number of nitrogens with one attached hydrogen (secondary N) is 1. The van der Waals surface area contributed by atoms with Gasteiger partial charge in [-0.2, -0.15) is 0 Å². The van der Waals surface area contributed by atoms with E-state index < -0.39 is 0 Å². The van der Waals surface area contributed by atoms with Crippen molar-refractivity contribution >= 4 is 16.6 Å². The third-order valence-corrected chi connectivity index (χ3v) is 2.70. The first kappa shape index (κ1) is 11.8. The number of benzene rings is 1. The Morgan fingerprint density at radius 2 is 1.94 bits per heavy atom. The quantitative estimate of drug-likeness (QED) is 0.588. The Morgan fingerprint density at radius 3 is 2.53 bits per heavy atom. The molecule has 0 unspecified atom stereocenters. The fourth-order valence-corrected chi connectivity index (χ4v) is 1.71. The summed E-state index contributed by atoms with van der Waals surface area (Å²) < 4.78 is 13.2. The lowest BCUT2D eigenvalue weighted by molar-refractivity contribution is 0.571. The number of nitrogens with zero attached hydrogens (tertiary/aromatic N) is 1. The summed E-state index contributed by atoms with van der Waals surface area (Å²) in [6, 6.07) is 6.41. The number of anilines is 1. The zero-order valence-corrected chi connectivity index (χ0v) is 10.2. The third kappa shape index (κ3) is 2.22. The zero-order chi connectivity index (χ0) is 12.6. The van der Waals surface area contributed by atoms with Crippen LogP contribution in [0.2, 0.25) is 0 Å². The molecule has 0 fully saturated rings. The van der Waals surface area contributed by atoms with Crippen molar-refractivity contribution in [2.75, 3.05) is 5.43 Å². The second kappa shape index (κ2) is 3.96. The van der Waals surface area contributed by atoms with Crippen LogP contribution in [0.5, 0.6) is 0 Å². The van der Waals surface area contributed by atoms with Gasteiger partial charge >= 0.3 is 0 Å². The smallest absolute Gasteiger partial charge is 0.125 e. The predicted octanol–water partition coefficient (Wildman–Crippen LogP) is 2.96. The SMILES string of the molecule is CC(C)(C)c1cc(NN)c2ccc(F)cc2n1. The normalized spacial score (nSPS) is 11.8. The van der Waals surface area contributed by atoms with Crippen molar-refractivity contribution in [3.63, 3.8) is 0 Å². The van der Waals surface area contributed by atoms with Crippen LogP contribution in [0.1, 0.15) is 26.5 Å². The highest BCUT2D eigenvalue weighted by Crippen LogP contribution is 2.28. The van der Waals surface area contributed by atoms with E-state index in [1.54, 1.807) is 6.07 Å². The molecular weight excluding hydrogens is 217 g/mol. The summed E-state index contributed by atoms with van der Waals surface area (Å²) in [5.74, 6) is 5.20. The average Bonchev–Trinajstić information content (AvgIpc) is 2.25. The maximum absolute atomic E-state index is 13.2. The van der Waals surface area contributed by atoms with Gasteiger partial charge in [0, 0.05) is 22.6 Å². The molecule has 4 heteroatoms. The van der Waals surface area contributed by atoms with Crippen molar-refractivity contribution in [2.45, 2.75) is 26.2 Å². The predicted molar refractivity (Wildman–Crippen MR) is 68.2 cm³/mol. The molecule has 0 bridgehead atoms. The summed E-state index contributed by atoms with van der Waals surface area (Å²) in [5, 5.41) is 0.821. The molecule has 0 amide bonds. The molecule has 0 aliphatic rings. The first-order chi connectivity index (χ1) is 7.91. The summed E-state index contributed by atoms with van der Waals surface area (Å²) in [5.41, 5.74) is 4.79. The fourth-order valence-electron chi connectivity index (χ4n) is 1.71. The Balaban J connectivity index is 2.76. The molecule has 1 aromatic heterocycles. The molecule has 0 saturated heterocycles. The van der Waals surface area contributed by atoms with Gasteiger partial charge in [-0.05, 0) is 18.2 Å². The molecule has 3 N–H and O–H groups in total. The molecule has 90 valence electrons. The second-order valence-corrected chi connectivity index (χ2v) is 5.11. The minimum atomic E-state index is -0.293. The van der Waals surface area contributed by atoms with Crippen LogP contribution in [-0.4, -0.2) is 4.98 Å². The number of hydrogen-bond acceptors (Lipinski definition) is 3. The van der Waals surface area contributed by atoms with Crippen LogP contribution in [0.15, 0.2) is 24.3 Å². The number of hydrazine groups is 1. The lowest BCUT2D eigenvalue weighted by Gasteiger charge is -2.19. The Hall–Kier alpha value is -1.68. The molecule has 17 heavy (non-hydrogen) atoms. The Bertz CT molecular complexity index is 558. The zero-order valence-electron chi connectivity index (χ0n) is 10.2. The summed E-state index contributed by atoms with van der Waals surface area (Å²) in [6.07, 6.45) is 0. The first-order valence-corrected chi connectivity index (χ1v) is 5.49. The summed E-state index contributed by atoms with van der Waals surface area (Å²) >= 11 is 0. The van der Waals surface area contributed by atoms with E-state index in [0.717, 1.165) is 16.8 Å². The largest absolute Gasteiger partial charge is 0.323 e. The third-order valence-electron chi connectivity index (χ3n) is 2.70. The van der Waals surface area contributed by atoms with E-state index in [-0.39, 0.29) is 11.2 Å². The monoisotopic (exact) mass is 233 g/mol. The van der Waals surface area contributed by atoms with Crippen molar-refractivity contribution < 1.29 is 4.39 Å². The molecule has 0 aliphatic heterocycles. The van der Waals surface area contributed by atoms with E-state index in [2.05, 4.69) is 31.2 Å². The van der Waals surface area contributed by atoms with Crippen LogP contribution in [0.3, 0.4) is 0 Å². The minimum Gasteiger partial charge on any atom is -0.323 e. The van der Waals surface area contributed by atoms with Gasteiger partial charge in [-0.1, -0.05) is 20.8 Å². The summed E-state index contributed by atoms with van der Waals surface area (Å²) in [4.78, 5) is 4.48. The number of nitrogen functional groups attached to an aromatic ring is 1. The van der Waals surface area contributed by atoms with Gasteiger partial charge in [-0.25, -0.2) is 4.39 Å². The molecule has 0 aliphatic carbocycles. The van der Waals surface area contributed by atoms with Gasteiger partial charge in [0.1, 0.15) is 5.82 Å². The fraction of sp³-hybridized carbons (Fsp3) is 0.308. The average molecular weight is 233 g/mol. The molecule has 0 spiro atoms. The van der Waals surface area contributed by atoms with Crippen molar-refractivity contribution in [1.82, 2.24) is 4.98 Å². The molecule has 1 aromatic carbocycles. The maximum Gasteiger partial charge on any atom is 0.125 e. The maximum atomic E-state index is 13.2. The van der Waals surface area contributed by atoms with Gasteiger partial charge in [-0.3, -0.25) is 10.8 Å². The van der Waals surface area contributed by atoms with E-state index in [1.807, 2.05) is 6.07 Å². The van der Waals surface area contributed by atoms with Crippen molar-refractivity contribution in [3.05, 3.63) is 35.8 Å². The van der Waals surface area contributed by atoms with Gasteiger partial charge in [0.05, 0.1) is 11.2 Å². The topological polar surface area (TPSA) is 50.9 Å². The number of aromatic nitrogens is 1. The lowest BCUT2D eigenvalue weighted by Crippen LogP contribution is -2.16. The standard InChI is InChI=1S/C13H16FN3/c1-13(2,3)12-7-11(17-15)9-5-4-8(14)6-10(9)16-12/h4-7H,15H2,1-3H3,(H,16,17). The number of rotatable bonds is 1. The molecule has 2 rings (SSSR count). The molecule has 0 saturated carbocycles. The van der Waals surface area contributed by atoms with E-state index in [1.165, 1.54) is 12.1 Å². The van der Waals surface area contributed by atoms with Gasteiger partial charge in [0.25, 0.3) is 0 Å². The van der Waals surface area contributed by atoms with Gasteiger partial charge in [0.2, 0.25) is 0 Å². The molecular formula is C13H16FN3. The number of hydrogen-bond donors (Lipinski definition) is 2. The summed E-state index contributed by atoms with van der Waals surface area (Å²) in [7, 11) is 0.